The highest BCUT2D eigenvalue weighted by Gasteiger charge is 2.15. The van der Waals surface area contributed by atoms with Crippen molar-refractivity contribution in [2.75, 3.05) is 0 Å². The fraction of sp³-hybridized carbons (Fsp3) is 0. The molecule has 4 nitrogen and oxygen atoms in total. The van der Waals surface area contributed by atoms with Gasteiger partial charge in [0.1, 0.15) is 0 Å². The quantitative estimate of drug-likeness (QED) is 0.349. The van der Waals surface area contributed by atoms with Crippen molar-refractivity contribution in [1.29, 1.82) is 0 Å². The van der Waals surface area contributed by atoms with Crippen LogP contribution >= 0.6 is 35.4 Å². The summed E-state index contributed by atoms with van der Waals surface area (Å²) in [7, 11) is 0. The average Bonchev–Trinajstić information content (AvgIpc) is 2.19. The van der Waals surface area contributed by atoms with Crippen LogP contribution < -0.4 is 11.6 Å². The molecule has 15 heavy (non-hydrogen) atoms. The van der Waals surface area contributed by atoms with Crippen molar-refractivity contribution in [1.82, 2.24) is 5.01 Å². The summed E-state index contributed by atoms with van der Waals surface area (Å²) in [4.78, 5) is 11.6. The van der Waals surface area contributed by atoms with Crippen LogP contribution in [0.1, 0.15) is 10.4 Å². The fourth-order valence-electron chi connectivity index (χ4n) is 0.868. The number of carbonyl (C=O) groups is 1. The highest BCUT2D eigenvalue weighted by atomic mass is 35.5. The number of amides is 1. The number of hydrogen-bond acceptors (Lipinski definition) is 3. The van der Waals surface area contributed by atoms with Crippen LogP contribution in [0.4, 0.5) is 0 Å². The molecule has 0 aliphatic rings. The second kappa shape index (κ2) is 4.76. The zero-order valence-electron chi connectivity index (χ0n) is 7.41. The fourth-order valence-corrected chi connectivity index (χ4v) is 1.25. The predicted molar refractivity (Wildman–Crippen MR) is 63.6 cm³/mol. The largest absolute Gasteiger partial charge is 0.375 e. The summed E-state index contributed by atoms with van der Waals surface area (Å²) in [6.45, 7) is 0. The van der Waals surface area contributed by atoms with E-state index < -0.39 is 5.91 Å². The van der Waals surface area contributed by atoms with Gasteiger partial charge in [-0.2, -0.15) is 0 Å². The number of hydrazine groups is 1. The first-order valence-electron chi connectivity index (χ1n) is 3.77. The monoisotopic (exact) mass is 263 g/mol. The van der Waals surface area contributed by atoms with Crippen LogP contribution in [0.3, 0.4) is 0 Å². The van der Waals surface area contributed by atoms with E-state index in [-0.39, 0.29) is 15.7 Å². The van der Waals surface area contributed by atoms with E-state index in [1.165, 1.54) is 18.2 Å². The number of carbonyl (C=O) groups excluding carboxylic acids is 1. The minimum Gasteiger partial charge on any atom is -0.375 e. The van der Waals surface area contributed by atoms with Crippen molar-refractivity contribution >= 4 is 46.4 Å². The standard InChI is InChI=1S/C8H7Cl2N3OS/c9-5-2-1-4(3-6(5)10)7(14)13(12)8(11)15/h1-3H,12H2,(H2,11,15). The van der Waals surface area contributed by atoms with Crippen molar-refractivity contribution in [2.24, 2.45) is 11.6 Å². The third kappa shape index (κ3) is 2.79. The zero-order chi connectivity index (χ0) is 11.6. The summed E-state index contributed by atoms with van der Waals surface area (Å²) in [6, 6.07) is 4.36. The van der Waals surface area contributed by atoms with E-state index in [4.69, 9.17) is 34.8 Å². The van der Waals surface area contributed by atoms with Gasteiger partial charge < -0.3 is 5.73 Å². The second-order valence-corrected chi connectivity index (χ2v) is 3.87. The summed E-state index contributed by atoms with van der Waals surface area (Å²) in [6.07, 6.45) is 0. The molecule has 0 aromatic heterocycles. The summed E-state index contributed by atoms with van der Waals surface area (Å²) >= 11 is 16.0. The molecule has 1 aromatic rings. The Kier molecular flexibility index (Phi) is 3.87. The van der Waals surface area contributed by atoms with Gasteiger partial charge in [-0.15, -0.1) is 0 Å². The Bertz CT molecular complexity index is 424. The van der Waals surface area contributed by atoms with E-state index in [1.807, 2.05) is 0 Å². The topological polar surface area (TPSA) is 72.3 Å². The van der Waals surface area contributed by atoms with Gasteiger partial charge >= 0.3 is 0 Å². The Balaban J connectivity index is 3.02. The lowest BCUT2D eigenvalue weighted by molar-refractivity contribution is 0.0848. The molecule has 0 unspecified atom stereocenters. The minimum absolute atomic E-state index is 0.217. The molecule has 1 amide bonds. The van der Waals surface area contributed by atoms with Crippen molar-refractivity contribution in [3.63, 3.8) is 0 Å². The number of benzene rings is 1. The molecule has 4 N–H and O–H groups in total. The van der Waals surface area contributed by atoms with E-state index in [1.54, 1.807) is 0 Å². The first-order valence-corrected chi connectivity index (χ1v) is 4.93. The average molecular weight is 264 g/mol. The SMILES string of the molecule is NC(=S)N(N)C(=O)c1ccc(Cl)c(Cl)c1. The molecule has 0 saturated heterocycles. The summed E-state index contributed by atoms with van der Waals surface area (Å²) < 4.78 is 0. The maximum Gasteiger partial charge on any atom is 0.274 e. The summed E-state index contributed by atoms with van der Waals surface area (Å²) in [5.74, 6) is 4.78. The molecule has 0 fully saturated rings. The van der Waals surface area contributed by atoms with E-state index in [0.29, 0.717) is 10.0 Å². The molecule has 1 rings (SSSR count). The van der Waals surface area contributed by atoms with Gasteiger partial charge in [-0.25, -0.2) is 10.9 Å². The zero-order valence-corrected chi connectivity index (χ0v) is 9.73. The molecule has 7 heteroatoms. The highest BCUT2D eigenvalue weighted by Crippen LogP contribution is 2.22. The summed E-state index contributed by atoms with van der Waals surface area (Å²) in [5.41, 5.74) is 5.46. The first kappa shape index (κ1) is 12.2. The molecule has 0 bridgehead atoms. The Hall–Kier alpha value is -0.880. The molecule has 0 atom stereocenters. The smallest absolute Gasteiger partial charge is 0.274 e. The molecular formula is C8H7Cl2N3OS. The lowest BCUT2D eigenvalue weighted by Gasteiger charge is -2.14. The number of thiocarbonyl (C=S) groups is 1. The molecular weight excluding hydrogens is 257 g/mol. The molecule has 0 saturated carbocycles. The van der Waals surface area contributed by atoms with Crippen LogP contribution in [0, 0.1) is 0 Å². The Morgan fingerprint density at radius 2 is 1.93 bits per heavy atom. The predicted octanol–water partition coefficient (Wildman–Crippen LogP) is 1.55. The number of nitrogens with zero attached hydrogens (tertiary/aromatic N) is 1. The van der Waals surface area contributed by atoms with Crippen LogP contribution in [-0.2, 0) is 0 Å². The third-order valence-electron chi connectivity index (χ3n) is 1.62. The molecule has 1 aromatic carbocycles. The molecule has 0 aliphatic heterocycles. The lowest BCUT2D eigenvalue weighted by Crippen LogP contribution is -2.45. The number of rotatable bonds is 1. The normalized spacial score (nSPS) is 9.80. The van der Waals surface area contributed by atoms with Crippen LogP contribution in [0.15, 0.2) is 18.2 Å². The lowest BCUT2D eigenvalue weighted by atomic mass is 10.2. The molecule has 0 heterocycles. The molecule has 80 valence electrons. The van der Waals surface area contributed by atoms with Gasteiger partial charge in [-0.05, 0) is 30.4 Å². The van der Waals surface area contributed by atoms with Gasteiger partial charge in [-0.1, -0.05) is 23.2 Å². The van der Waals surface area contributed by atoms with Crippen molar-refractivity contribution in [2.45, 2.75) is 0 Å². The first-order chi connectivity index (χ1) is 6.93. The van der Waals surface area contributed by atoms with Crippen molar-refractivity contribution in [3.8, 4) is 0 Å². The Labute approximate surface area is 102 Å². The van der Waals surface area contributed by atoms with Gasteiger partial charge in [0, 0.05) is 5.56 Å². The Morgan fingerprint density at radius 3 is 2.40 bits per heavy atom. The van der Waals surface area contributed by atoms with Crippen LogP contribution in [0.2, 0.25) is 10.0 Å². The van der Waals surface area contributed by atoms with Gasteiger partial charge in [-0.3, -0.25) is 4.79 Å². The van der Waals surface area contributed by atoms with Crippen molar-refractivity contribution in [3.05, 3.63) is 33.8 Å². The van der Waals surface area contributed by atoms with Crippen LogP contribution in [-0.4, -0.2) is 16.0 Å². The van der Waals surface area contributed by atoms with Gasteiger partial charge in [0.25, 0.3) is 5.91 Å². The number of nitrogens with two attached hydrogens (primary N) is 2. The molecule has 0 radical (unpaired) electrons. The van der Waals surface area contributed by atoms with Gasteiger partial charge in [0.15, 0.2) is 5.11 Å². The Morgan fingerprint density at radius 1 is 1.33 bits per heavy atom. The maximum absolute atomic E-state index is 11.6. The maximum atomic E-state index is 11.6. The number of hydrogen-bond donors (Lipinski definition) is 2. The van der Waals surface area contributed by atoms with E-state index in [9.17, 15) is 4.79 Å². The molecule has 0 aliphatic carbocycles. The summed E-state index contributed by atoms with van der Waals surface area (Å²) in [5, 5.41) is 1.06. The van der Waals surface area contributed by atoms with E-state index >= 15 is 0 Å². The van der Waals surface area contributed by atoms with E-state index in [0.717, 1.165) is 0 Å². The van der Waals surface area contributed by atoms with Gasteiger partial charge in [0.05, 0.1) is 10.0 Å². The molecule has 0 spiro atoms. The second-order valence-electron chi connectivity index (χ2n) is 2.64. The van der Waals surface area contributed by atoms with Crippen LogP contribution in [0.5, 0.6) is 0 Å². The highest BCUT2D eigenvalue weighted by molar-refractivity contribution is 7.80. The van der Waals surface area contributed by atoms with Crippen LogP contribution in [0.25, 0.3) is 0 Å². The third-order valence-corrected chi connectivity index (χ3v) is 2.56. The van der Waals surface area contributed by atoms with Gasteiger partial charge in [0.2, 0.25) is 0 Å². The van der Waals surface area contributed by atoms with E-state index in [2.05, 4.69) is 12.2 Å². The number of halogens is 2. The minimum atomic E-state index is -0.541. The van der Waals surface area contributed by atoms with Crippen molar-refractivity contribution < 1.29 is 4.79 Å².